The Morgan fingerprint density at radius 3 is 2.32 bits per heavy atom. The van der Waals surface area contributed by atoms with Crippen LogP contribution >= 0.6 is 0 Å². The topological polar surface area (TPSA) is 98.5 Å². The Bertz CT molecular complexity index is 1070. The number of aromatic nitrogens is 1. The Kier molecular flexibility index (Phi) is 5.83. The lowest BCUT2D eigenvalue weighted by Crippen LogP contribution is -2.15. The van der Waals surface area contributed by atoms with Gasteiger partial charge in [-0.2, -0.15) is 0 Å². The molecule has 1 aliphatic rings. The number of hydrogen-bond donors (Lipinski definition) is 0. The van der Waals surface area contributed by atoms with Crippen molar-refractivity contribution in [3.63, 3.8) is 0 Å². The minimum atomic E-state index is -0.567. The molecule has 2 aromatic carbocycles. The molecule has 0 atom stereocenters. The van der Waals surface area contributed by atoms with Crippen LogP contribution in [0.2, 0.25) is 0 Å². The van der Waals surface area contributed by atoms with E-state index in [1.54, 1.807) is 6.07 Å². The van der Waals surface area contributed by atoms with E-state index in [1.165, 1.54) is 33.5 Å². The van der Waals surface area contributed by atoms with Gasteiger partial charge in [0.15, 0.2) is 28.8 Å². The summed E-state index contributed by atoms with van der Waals surface area (Å²) >= 11 is 0. The van der Waals surface area contributed by atoms with Gasteiger partial charge < -0.3 is 32.9 Å². The molecule has 3 aromatic rings. The van der Waals surface area contributed by atoms with Crippen LogP contribution in [0.5, 0.6) is 28.7 Å². The van der Waals surface area contributed by atoms with Crippen molar-refractivity contribution in [1.82, 2.24) is 5.16 Å². The van der Waals surface area contributed by atoms with Crippen LogP contribution in [0.4, 0.5) is 0 Å². The highest BCUT2D eigenvalue weighted by Crippen LogP contribution is 2.38. The van der Waals surface area contributed by atoms with E-state index in [0.29, 0.717) is 53.4 Å². The molecule has 0 aliphatic carbocycles. The summed E-state index contributed by atoms with van der Waals surface area (Å²) < 4.78 is 37.7. The first-order chi connectivity index (χ1) is 15.1. The molecule has 4 rings (SSSR count). The average Bonchev–Trinajstić information content (AvgIpc) is 3.30. The molecule has 0 radical (unpaired) electrons. The Hall–Kier alpha value is -3.88. The molecular weight excluding hydrogens is 406 g/mol. The van der Waals surface area contributed by atoms with E-state index < -0.39 is 5.97 Å². The molecule has 0 fully saturated rings. The van der Waals surface area contributed by atoms with Crippen LogP contribution in [0, 0.1) is 0 Å². The van der Waals surface area contributed by atoms with Gasteiger partial charge in [0.1, 0.15) is 25.5 Å². The van der Waals surface area contributed by atoms with Gasteiger partial charge in [0.2, 0.25) is 5.75 Å². The monoisotopic (exact) mass is 427 g/mol. The molecule has 0 bridgehead atoms. The van der Waals surface area contributed by atoms with Crippen molar-refractivity contribution in [1.29, 1.82) is 0 Å². The first-order valence-corrected chi connectivity index (χ1v) is 9.45. The number of benzene rings is 2. The molecule has 162 valence electrons. The van der Waals surface area contributed by atoms with Gasteiger partial charge in [0.05, 0.1) is 26.9 Å². The molecule has 31 heavy (non-hydrogen) atoms. The molecule has 0 unspecified atom stereocenters. The van der Waals surface area contributed by atoms with Crippen LogP contribution in [0.1, 0.15) is 16.1 Å². The van der Waals surface area contributed by atoms with Crippen LogP contribution in [0.3, 0.4) is 0 Å². The average molecular weight is 427 g/mol. The normalized spacial score (nSPS) is 12.2. The number of ether oxygens (including phenoxy) is 6. The molecule has 9 heteroatoms. The standard InChI is InChI=1S/C22H21NO8/c1-25-19-9-14(10-20(26-2)21(19)27-3)22(24)30-12-15-11-17(31-23-15)13-4-5-16-18(8-13)29-7-6-28-16/h4-5,8-11H,6-7,12H2,1-3H3. The summed E-state index contributed by atoms with van der Waals surface area (Å²) in [7, 11) is 4.44. The third kappa shape index (κ3) is 4.20. The summed E-state index contributed by atoms with van der Waals surface area (Å²) in [6.45, 7) is 0.953. The molecule has 0 saturated heterocycles. The molecule has 0 N–H and O–H groups in total. The first-order valence-electron chi connectivity index (χ1n) is 9.45. The Labute approximate surface area is 178 Å². The van der Waals surface area contributed by atoms with Gasteiger partial charge in [-0.1, -0.05) is 5.16 Å². The van der Waals surface area contributed by atoms with Crippen molar-refractivity contribution in [3.8, 4) is 40.1 Å². The largest absolute Gasteiger partial charge is 0.493 e. The Balaban J connectivity index is 1.46. The molecule has 1 aromatic heterocycles. The number of rotatable bonds is 7. The highest BCUT2D eigenvalue weighted by Gasteiger charge is 2.19. The zero-order chi connectivity index (χ0) is 21.8. The van der Waals surface area contributed by atoms with E-state index >= 15 is 0 Å². The number of fused-ring (bicyclic) bond motifs is 1. The molecular formula is C22H21NO8. The number of carbonyl (C=O) groups is 1. The number of methoxy groups -OCH3 is 3. The van der Waals surface area contributed by atoms with Crippen LogP contribution in [0.25, 0.3) is 11.3 Å². The van der Waals surface area contributed by atoms with E-state index in [9.17, 15) is 4.79 Å². The second-order valence-electron chi connectivity index (χ2n) is 6.53. The third-order valence-electron chi connectivity index (χ3n) is 4.64. The zero-order valence-electron chi connectivity index (χ0n) is 17.3. The molecule has 9 nitrogen and oxygen atoms in total. The maximum atomic E-state index is 12.5. The number of esters is 1. The third-order valence-corrected chi connectivity index (χ3v) is 4.64. The van der Waals surface area contributed by atoms with E-state index in [4.69, 9.17) is 32.9 Å². The summed E-state index contributed by atoms with van der Waals surface area (Å²) in [4.78, 5) is 12.5. The van der Waals surface area contributed by atoms with Gasteiger partial charge >= 0.3 is 5.97 Å². The zero-order valence-corrected chi connectivity index (χ0v) is 17.3. The van der Waals surface area contributed by atoms with Crippen LogP contribution in [-0.2, 0) is 11.3 Å². The van der Waals surface area contributed by atoms with Crippen molar-refractivity contribution >= 4 is 5.97 Å². The van der Waals surface area contributed by atoms with Gasteiger partial charge in [-0.25, -0.2) is 4.79 Å². The molecule has 0 spiro atoms. The van der Waals surface area contributed by atoms with Crippen molar-refractivity contribution in [2.24, 2.45) is 0 Å². The highest BCUT2D eigenvalue weighted by molar-refractivity contribution is 5.91. The van der Waals surface area contributed by atoms with Crippen LogP contribution in [0.15, 0.2) is 40.9 Å². The van der Waals surface area contributed by atoms with Gasteiger partial charge in [0.25, 0.3) is 0 Å². The summed E-state index contributed by atoms with van der Waals surface area (Å²) in [6.07, 6.45) is 0. The van der Waals surface area contributed by atoms with E-state index in [2.05, 4.69) is 5.16 Å². The Morgan fingerprint density at radius 2 is 1.65 bits per heavy atom. The molecule has 0 amide bonds. The maximum Gasteiger partial charge on any atom is 0.338 e. The van der Waals surface area contributed by atoms with Crippen molar-refractivity contribution in [3.05, 3.63) is 47.7 Å². The van der Waals surface area contributed by atoms with Crippen molar-refractivity contribution in [2.75, 3.05) is 34.5 Å². The van der Waals surface area contributed by atoms with Crippen molar-refractivity contribution < 1.29 is 37.7 Å². The first kappa shape index (κ1) is 20.4. The van der Waals surface area contributed by atoms with Gasteiger partial charge in [0, 0.05) is 11.6 Å². The summed E-state index contributed by atoms with van der Waals surface area (Å²) in [5, 5.41) is 3.97. The molecule has 0 saturated carbocycles. The fourth-order valence-electron chi connectivity index (χ4n) is 3.13. The number of carbonyl (C=O) groups excluding carboxylic acids is 1. The molecule has 2 heterocycles. The van der Waals surface area contributed by atoms with E-state index in [0.717, 1.165) is 5.56 Å². The SMILES string of the molecule is COc1cc(C(=O)OCc2cc(-c3ccc4c(c3)OCCO4)on2)cc(OC)c1OC. The number of nitrogens with zero attached hydrogens (tertiary/aromatic N) is 1. The quantitative estimate of drug-likeness (QED) is 0.525. The Morgan fingerprint density at radius 1 is 0.935 bits per heavy atom. The maximum absolute atomic E-state index is 12.5. The second-order valence-corrected chi connectivity index (χ2v) is 6.53. The summed E-state index contributed by atoms with van der Waals surface area (Å²) in [5.74, 6) is 2.40. The lowest BCUT2D eigenvalue weighted by atomic mass is 10.1. The lowest BCUT2D eigenvalue weighted by molar-refractivity contribution is 0.0463. The summed E-state index contributed by atoms with van der Waals surface area (Å²) in [5.41, 5.74) is 1.50. The van der Waals surface area contributed by atoms with Crippen molar-refractivity contribution in [2.45, 2.75) is 6.61 Å². The fourth-order valence-corrected chi connectivity index (χ4v) is 3.13. The number of hydrogen-bond acceptors (Lipinski definition) is 9. The van der Waals surface area contributed by atoms with Gasteiger partial charge in [-0.3, -0.25) is 0 Å². The lowest BCUT2D eigenvalue weighted by Gasteiger charge is -2.18. The van der Waals surface area contributed by atoms with E-state index in [1.807, 2.05) is 18.2 Å². The smallest absolute Gasteiger partial charge is 0.338 e. The minimum Gasteiger partial charge on any atom is -0.493 e. The second kappa shape index (κ2) is 8.86. The van der Waals surface area contributed by atoms with Crippen LogP contribution < -0.4 is 23.7 Å². The minimum absolute atomic E-state index is 0.0659. The van der Waals surface area contributed by atoms with Gasteiger partial charge in [-0.15, -0.1) is 0 Å². The van der Waals surface area contributed by atoms with Gasteiger partial charge in [-0.05, 0) is 30.3 Å². The van der Waals surface area contributed by atoms with Crippen LogP contribution in [-0.4, -0.2) is 45.7 Å². The molecule has 1 aliphatic heterocycles. The summed E-state index contributed by atoms with van der Waals surface area (Å²) in [6, 6.07) is 10.2. The predicted molar refractivity (Wildman–Crippen MR) is 108 cm³/mol. The highest BCUT2D eigenvalue weighted by atomic mass is 16.6. The predicted octanol–water partition coefficient (Wildman–Crippen LogP) is 3.50. The van der Waals surface area contributed by atoms with E-state index in [-0.39, 0.29) is 12.2 Å². The fraction of sp³-hybridized carbons (Fsp3) is 0.273.